The van der Waals surface area contributed by atoms with E-state index in [1.54, 1.807) is 0 Å². The van der Waals surface area contributed by atoms with Gasteiger partial charge >= 0.3 is 0 Å². The van der Waals surface area contributed by atoms with Gasteiger partial charge < -0.3 is 0 Å². The molecule has 0 aliphatic rings. The maximum Gasteiger partial charge on any atom is 0.137 e. The summed E-state index contributed by atoms with van der Waals surface area (Å²) in [5.74, 6) is 0. The van der Waals surface area contributed by atoms with Gasteiger partial charge in [0.1, 0.15) is 4.32 Å². The molecule has 1 atom stereocenters. The summed E-state index contributed by atoms with van der Waals surface area (Å²) in [5, 5.41) is 9.16. The average molecular weight is 252 g/mol. The van der Waals surface area contributed by atoms with Crippen molar-refractivity contribution < 1.29 is 0 Å². The Balaban J connectivity index is 3.24. The maximum atomic E-state index is 9.16. The molecule has 1 unspecified atom stereocenters. The van der Waals surface area contributed by atoms with E-state index in [4.69, 9.17) is 5.26 Å². The average Bonchev–Trinajstić information content (AvgIpc) is 2.28. The molecule has 1 aromatic rings. The van der Waals surface area contributed by atoms with Gasteiger partial charge in [0.15, 0.2) is 0 Å². The van der Waals surface area contributed by atoms with Gasteiger partial charge in [0, 0.05) is 0 Å². The first-order chi connectivity index (χ1) is 6.68. The van der Waals surface area contributed by atoms with Gasteiger partial charge in [0.2, 0.25) is 0 Å². The van der Waals surface area contributed by atoms with Crippen molar-refractivity contribution in [2.75, 3.05) is 0 Å². The van der Waals surface area contributed by atoms with Crippen LogP contribution in [0.15, 0.2) is 24.3 Å². The second-order valence-electron chi connectivity index (χ2n) is 3.28. The van der Waals surface area contributed by atoms with Gasteiger partial charge in [-0.25, -0.2) is 0 Å². The lowest BCUT2D eigenvalue weighted by Gasteiger charge is -2.20. The Morgan fingerprint density at radius 2 is 2.00 bits per heavy atom. The van der Waals surface area contributed by atoms with E-state index in [9.17, 15) is 0 Å². The van der Waals surface area contributed by atoms with Crippen molar-refractivity contribution in [2.45, 2.75) is 31.0 Å². The normalized spacial score (nSPS) is 14.4. The van der Waals surface area contributed by atoms with Gasteiger partial charge in [-0.05, 0) is 24.0 Å². The number of benzene rings is 1. The molecule has 74 valence electrons. The molecule has 1 nitrogen and oxygen atoms in total. The van der Waals surface area contributed by atoms with Crippen molar-refractivity contribution in [1.29, 1.82) is 5.26 Å². The first kappa shape index (κ1) is 11.3. The van der Waals surface area contributed by atoms with E-state index in [-0.39, 0.29) is 0 Å². The summed E-state index contributed by atoms with van der Waals surface area (Å²) in [5.41, 5.74) is 2.35. The molecule has 0 bridgehead atoms. The molecule has 0 heterocycles. The second-order valence-corrected chi connectivity index (χ2v) is 4.63. The fourth-order valence-electron chi connectivity index (χ4n) is 1.54. The minimum atomic E-state index is -0.514. The van der Waals surface area contributed by atoms with Crippen LogP contribution in [0.2, 0.25) is 0 Å². The summed E-state index contributed by atoms with van der Waals surface area (Å²) in [4.78, 5) is 0. The highest BCUT2D eigenvalue weighted by Crippen LogP contribution is 2.36. The van der Waals surface area contributed by atoms with E-state index < -0.39 is 4.32 Å². The minimum Gasteiger partial charge on any atom is -0.196 e. The van der Waals surface area contributed by atoms with Crippen molar-refractivity contribution in [3.05, 3.63) is 35.4 Å². The number of hydrogen-bond acceptors (Lipinski definition) is 1. The number of rotatable bonds is 3. The zero-order chi connectivity index (χ0) is 10.6. The molecule has 0 spiro atoms. The molecule has 0 amide bonds. The summed E-state index contributed by atoms with van der Waals surface area (Å²) in [6.07, 6.45) is 1.74. The molecule has 0 saturated heterocycles. The molecule has 2 heteroatoms. The number of nitrogens with zero attached hydrogens (tertiary/aromatic N) is 1. The van der Waals surface area contributed by atoms with Crippen LogP contribution in [0.5, 0.6) is 0 Å². The standard InChI is InChI=1S/C12H14BrN/c1-3-10-7-5-6-8-11(10)12(13,4-2)9-14/h5-8H,3-4H2,1-2H3. The van der Waals surface area contributed by atoms with Gasteiger partial charge in [-0.3, -0.25) is 0 Å². The zero-order valence-corrected chi connectivity index (χ0v) is 10.1. The van der Waals surface area contributed by atoms with E-state index in [0.717, 1.165) is 18.4 Å². The molecule has 1 aromatic carbocycles. The molecule has 0 aliphatic carbocycles. The first-order valence-corrected chi connectivity index (χ1v) is 5.65. The molecule has 0 fully saturated rings. The van der Waals surface area contributed by atoms with Crippen LogP contribution in [-0.2, 0) is 10.7 Å². The molecule has 0 aliphatic heterocycles. The number of halogens is 1. The van der Waals surface area contributed by atoms with Crippen molar-refractivity contribution >= 4 is 15.9 Å². The van der Waals surface area contributed by atoms with Gasteiger partial charge in [-0.1, -0.05) is 54.0 Å². The number of hydrogen-bond donors (Lipinski definition) is 0. The van der Waals surface area contributed by atoms with Crippen LogP contribution < -0.4 is 0 Å². The van der Waals surface area contributed by atoms with Crippen LogP contribution in [0.3, 0.4) is 0 Å². The lowest BCUT2D eigenvalue weighted by Crippen LogP contribution is -2.16. The van der Waals surface area contributed by atoms with Crippen LogP contribution in [0, 0.1) is 11.3 Å². The Morgan fingerprint density at radius 1 is 1.36 bits per heavy atom. The minimum absolute atomic E-state index is 0.514. The quantitative estimate of drug-likeness (QED) is 0.751. The molecular formula is C12H14BrN. The van der Waals surface area contributed by atoms with Crippen molar-refractivity contribution in [1.82, 2.24) is 0 Å². The van der Waals surface area contributed by atoms with Crippen LogP contribution >= 0.6 is 15.9 Å². The van der Waals surface area contributed by atoms with Crippen LogP contribution in [0.4, 0.5) is 0 Å². The van der Waals surface area contributed by atoms with E-state index in [2.05, 4.69) is 35.0 Å². The molecular weight excluding hydrogens is 238 g/mol. The second kappa shape index (κ2) is 4.61. The Morgan fingerprint density at radius 3 is 2.50 bits per heavy atom. The zero-order valence-electron chi connectivity index (χ0n) is 8.55. The highest BCUT2D eigenvalue weighted by atomic mass is 79.9. The predicted molar refractivity (Wildman–Crippen MR) is 62.3 cm³/mol. The Labute approximate surface area is 93.9 Å². The van der Waals surface area contributed by atoms with E-state index in [0.29, 0.717) is 0 Å². The number of alkyl halides is 1. The van der Waals surface area contributed by atoms with E-state index in [1.165, 1.54) is 5.56 Å². The lowest BCUT2D eigenvalue weighted by atomic mass is 9.92. The third kappa shape index (κ3) is 1.99. The number of aryl methyl sites for hydroxylation is 1. The smallest absolute Gasteiger partial charge is 0.137 e. The Hall–Kier alpha value is -0.810. The third-order valence-electron chi connectivity index (χ3n) is 2.49. The van der Waals surface area contributed by atoms with Crippen molar-refractivity contribution in [2.24, 2.45) is 0 Å². The molecule has 0 radical (unpaired) electrons. The maximum absolute atomic E-state index is 9.16. The Kier molecular flexibility index (Phi) is 3.71. The SMILES string of the molecule is CCc1ccccc1C(Br)(C#N)CC. The van der Waals surface area contributed by atoms with Gasteiger partial charge in [0.05, 0.1) is 6.07 Å². The third-order valence-corrected chi connectivity index (χ3v) is 3.65. The highest BCUT2D eigenvalue weighted by molar-refractivity contribution is 9.09. The summed E-state index contributed by atoms with van der Waals surface area (Å²) in [6.45, 7) is 4.13. The molecule has 14 heavy (non-hydrogen) atoms. The fourth-order valence-corrected chi connectivity index (χ4v) is 1.93. The van der Waals surface area contributed by atoms with Crippen LogP contribution in [0.25, 0.3) is 0 Å². The van der Waals surface area contributed by atoms with Crippen LogP contribution in [-0.4, -0.2) is 0 Å². The summed E-state index contributed by atoms with van der Waals surface area (Å²) < 4.78 is -0.514. The fraction of sp³-hybridized carbons (Fsp3) is 0.417. The van der Waals surface area contributed by atoms with E-state index in [1.807, 2.05) is 25.1 Å². The molecule has 1 rings (SSSR count). The first-order valence-electron chi connectivity index (χ1n) is 4.86. The van der Waals surface area contributed by atoms with Gasteiger partial charge in [-0.15, -0.1) is 0 Å². The predicted octanol–water partition coefficient (Wildman–Crippen LogP) is 3.77. The topological polar surface area (TPSA) is 23.8 Å². The highest BCUT2D eigenvalue weighted by Gasteiger charge is 2.28. The van der Waals surface area contributed by atoms with Crippen molar-refractivity contribution in [3.8, 4) is 6.07 Å². The monoisotopic (exact) mass is 251 g/mol. The van der Waals surface area contributed by atoms with Crippen molar-refractivity contribution in [3.63, 3.8) is 0 Å². The van der Waals surface area contributed by atoms with Gasteiger partial charge in [-0.2, -0.15) is 5.26 Å². The Bertz CT molecular complexity index is 354. The summed E-state index contributed by atoms with van der Waals surface area (Å²) >= 11 is 3.52. The summed E-state index contributed by atoms with van der Waals surface area (Å²) in [6, 6.07) is 10.4. The summed E-state index contributed by atoms with van der Waals surface area (Å²) in [7, 11) is 0. The number of nitriles is 1. The molecule has 0 aromatic heterocycles. The van der Waals surface area contributed by atoms with Gasteiger partial charge in [0.25, 0.3) is 0 Å². The molecule has 0 saturated carbocycles. The van der Waals surface area contributed by atoms with E-state index >= 15 is 0 Å². The largest absolute Gasteiger partial charge is 0.196 e. The van der Waals surface area contributed by atoms with Crippen LogP contribution in [0.1, 0.15) is 31.4 Å². The molecule has 0 N–H and O–H groups in total. The lowest BCUT2D eigenvalue weighted by molar-refractivity contribution is 0.756.